The normalized spacial score (nSPS) is 13.5. The molecule has 0 saturated carbocycles. The Bertz CT molecular complexity index is 645. The number of benzene rings is 1. The summed E-state index contributed by atoms with van der Waals surface area (Å²) in [5, 5.41) is 10.8. The molecule has 1 N–H and O–H groups in total. The van der Waals surface area contributed by atoms with Gasteiger partial charge in [-0.05, 0) is 40.0 Å². The number of amides is 1. The highest BCUT2D eigenvalue weighted by molar-refractivity contribution is 7.18. The lowest BCUT2D eigenvalue weighted by molar-refractivity contribution is -0.136. The first kappa shape index (κ1) is 17.8. The number of aliphatic hydroxyl groups is 1. The number of hydrogen-bond donors (Lipinski definition) is 1. The van der Waals surface area contributed by atoms with E-state index in [1.54, 1.807) is 37.1 Å². The minimum absolute atomic E-state index is 0.0241. The van der Waals surface area contributed by atoms with Gasteiger partial charge in [-0.15, -0.1) is 11.3 Å². The van der Waals surface area contributed by atoms with Crippen LogP contribution in [0.5, 0.6) is 0 Å². The summed E-state index contributed by atoms with van der Waals surface area (Å²) in [6.07, 6.45) is 0. The van der Waals surface area contributed by atoms with Crippen molar-refractivity contribution < 1.29 is 9.90 Å². The van der Waals surface area contributed by atoms with Crippen LogP contribution in [0.3, 0.4) is 0 Å². The molecule has 1 aromatic heterocycles. The van der Waals surface area contributed by atoms with E-state index in [0.717, 1.165) is 15.2 Å². The molecular weight excluding hydrogens is 310 g/mol. The number of hydrogen-bond acceptors (Lipinski definition) is 5. The van der Waals surface area contributed by atoms with Crippen molar-refractivity contribution >= 4 is 27.5 Å². The van der Waals surface area contributed by atoms with E-state index in [1.807, 2.05) is 43.1 Å². The van der Waals surface area contributed by atoms with Crippen molar-refractivity contribution in [1.29, 1.82) is 0 Å². The van der Waals surface area contributed by atoms with Gasteiger partial charge >= 0.3 is 0 Å². The average Bonchev–Trinajstić information content (AvgIpc) is 2.85. The summed E-state index contributed by atoms with van der Waals surface area (Å²) >= 11 is 1.61. The zero-order chi connectivity index (χ0) is 17.2. The molecule has 0 aliphatic rings. The van der Waals surface area contributed by atoms with Gasteiger partial charge in [0.15, 0.2) is 0 Å². The molecule has 1 unspecified atom stereocenters. The minimum atomic E-state index is -0.825. The van der Waals surface area contributed by atoms with Gasteiger partial charge in [0.25, 0.3) is 0 Å². The SMILES string of the molecule is CC(C(=O)N(C)Cc1nc2ccccc2s1)N(C)CC(C)(C)O. The van der Waals surface area contributed by atoms with Crippen molar-refractivity contribution in [3.05, 3.63) is 29.3 Å². The van der Waals surface area contributed by atoms with E-state index in [4.69, 9.17) is 0 Å². The Labute approximate surface area is 141 Å². The molecule has 0 spiro atoms. The summed E-state index contributed by atoms with van der Waals surface area (Å²) in [4.78, 5) is 20.7. The Hall–Kier alpha value is -1.50. The first-order valence-electron chi connectivity index (χ1n) is 7.69. The van der Waals surface area contributed by atoms with Crippen LogP contribution in [0.4, 0.5) is 0 Å². The Morgan fingerprint density at radius 1 is 1.35 bits per heavy atom. The van der Waals surface area contributed by atoms with Crippen molar-refractivity contribution in [2.75, 3.05) is 20.6 Å². The molecule has 0 aliphatic heterocycles. The lowest BCUT2D eigenvalue weighted by Crippen LogP contribution is -2.48. The maximum atomic E-state index is 12.6. The molecule has 0 radical (unpaired) electrons. The Balaban J connectivity index is 2.01. The molecule has 6 heteroatoms. The van der Waals surface area contributed by atoms with Crippen LogP contribution < -0.4 is 0 Å². The fourth-order valence-corrected chi connectivity index (χ4v) is 3.54. The highest BCUT2D eigenvalue weighted by atomic mass is 32.1. The maximum absolute atomic E-state index is 12.6. The number of aromatic nitrogens is 1. The molecule has 1 amide bonds. The van der Waals surface area contributed by atoms with Gasteiger partial charge in [0.2, 0.25) is 5.91 Å². The quantitative estimate of drug-likeness (QED) is 0.880. The fraction of sp³-hybridized carbons (Fsp3) is 0.529. The Morgan fingerprint density at radius 3 is 2.61 bits per heavy atom. The van der Waals surface area contributed by atoms with E-state index in [0.29, 0.717) is 13.1 Å². The van der Waals surface area contributed by atoms with Crippen molar-refractivity contribution in [2.45, 2.75) is 39.0 Å². The number of carbonyl (C=O) groups is 1. The van der Waals surface area contributed by atoms with Crippen LogP contribution in [-0.4, -0.2) is 58.1 Å². The molecule has 1 heterocycles. The second-order valence-electron chi connectivity index (χ2n) is 6.67. The maximum Gasteiger partial charge on any atom is 0.239 e. The summed E-state index contributed by atoms with van der Waals surface area (Å²) in [7, 11) is 3.65. The second-order valence-corrected chi connectivity index (χ2v) is 7.79. The summed E-state index contributed by atoms with van der Waals surface area (Å²) in [5.74, 6) is 0.0241. The number of rotatable bonds is 6. The molecule has 0 bridgehead atoms. The van der Waals surface area contributed by atoms with Gasteiger partial charge in [-0.2, -0.15) is 0 Å². The van der Waals surface area contributed by atoms with Crippen molar-refractivity contribution in [2.24, 2.45) is 0 Å². The van der Waals surface area contributed by atoms with Gasteiger partial charge in [-0.3, -0.25) is 9.69 Å². The van der Waals surface area contributed by atoms with E-state index in [2.05, 4.69) is 4.98 Å². The molecule has 126 valence electrons. The standard InChI is InChI=1S/C17H25N3O2S/c1-12(20(5)11-17(2,3)22)16(21)19(4)10-15-18-13-8-6-7-9-14(13)23-15/h6-9,12,22H,10-11H2,1-5H3. The summed E-state index contributed by atoms with van der Waals surface area (Å²) in [6, 6.07) is 7.69. The van der Waals surface area contributed by atoms with Crippen LogP contribution in [0.1, 0.15) is 25.8 Å². The lowest BCUT2D eigenvalue weighted by atomic mass is 10.1. The number of fused-ring (bicyclic) bond motifs is 1. The van der Waals surface area contributed by atoms with Gasteiger partial charge in [-0.1, -0.05) is 12.1 Å². The van der Waals surface area contributed by atoms with E-state index in [9.17, 15) is 9.90 Å². The zero-order valence-electron chi connectivity index (χ0n) is 14.4. The smallest absolute Gasteiger partial charge is 0.239 e. The first-order valence-corrected chi connectivity index (χ1v) is 8.51. The molecular formula is C17H25N3O2S. The van der Waals surface area contributed by atoms with E-state index < -0.39 is 5.60 Å². The molecule has 2 aromatic rings. The van der Waals surface area contributed by atoms with Gasteiger partial charge in [0.05, 0.1) is 28.4 Å². The third-order valence-electron chi connectivity index (χ3n) is 3.74. The van der Waals surface area contributed by atoms with Crippen LogP contribution in [0.25, 0.3) is 10.2 Å². The van der Waals surface area contributed by atoms with E-state index in [-0.39, 0.29) is 11.9 Å². The van der Waals surface area contributed by atoms with Gasteiger partial charge in [0.1, 0.15) is 5.01 Å². The van der Waals surface area contributed by atoms with Crippen molar-refractivity contribution in [1.82, 2.24) is 14.8 Å². The summed E-state index contributed by atoms with van der Waals surface area (Å²) < 4.78 is 1.13. The first-order chi connectivity index (χ1) is 10.7. The Kier molecular flexibility index (Phi) is 5.39. The largest absolute Gasteiger partial charge is 0.389 e. The van der Waals surface area contributed by atoms with Gasteiger partial charge in [0, 0.05) is 13.6 Å². The van der Waals surface area contributed by atoms with Crippen LogP contribution in [-0.2, 0) is 11.3 Å². The third kappa shape index (κ3) is 4.73. The highest BCUT2D eigenvalue weighted by Crippen LogP contribution is 2.22. The zero-order valence-corrected chi connectivity index (χ0v) is 15.2. The molecule has 0 aliphatic carbocycles. The number of nitrogens with zero attached hydrogens (tertiary/aromatic N) is 3. The molecule has 1 aromatic carbocycles. The molecule has 0 fully saturated rings. The van der Waals surface area contributed by atoms with E-state index >= 15 is 0 Å². The highest BCUT2D eigenvalue weighted by Gasteiger charge is 2.26. The summed E-state index contributed by atoms with van der Waals surface area (Å²) in [5.41, 5.74) is 0.148. The third-order valence-corrected chi connectivity index (χ3v) is 4.76. The van der Waals surface area contributed by atoms with Crippen molar-refractivity contribution in [3.8, 4) is 0 Å². The van der Waals surface area contributed by atoms with Crippen LogP contribution in [0.15, 0.2) is 24.3 Å². The van der Waals surface area contributed by atoms with Gasteiger partial charge in [-0.25, -0.2) is 4.98 Å². The number of carbonyl (C=O) groups excluding carboxylic acids is 1. The Morgan fingerprint density at radius 2 is 2.00 bits per heavy atom. The summed E-state index contributed by atoms with van der Waals surface area (Å²) in [6.45, 7) is 6.29. The van der Waals surface area contributed by atoms with Crippen LogP contribution in [0.2, 0.25) is 0 Å². The predicted molar refractivity (Wildman–Crippen MR) is 94.5 cm³/mol. The predicted octanol–water partition coefficient (Wildman–Crippen LogP) is 2.35. The fourth-order valence-electron chi connectivity index (χ4n) is 2.52. The number of para-hydroxylation sites is 1. The molecule has 1 atom stereocenters. The number of thiazole rings is 1. The minimum Gasteiger partial charge on any atom is -0.389 e. The van der Waals surface area contributed by atoms with Gasteiger partial charge < -0.3 is 10.0 Å². The molecule has 5 nitrogen and oxygen atoms in total. The molecule has 2 rings (SSSR count). The lowest BCUT2D eigenvalue weighted by Gasteiger charge is -2.31. The second kappa shape index (κ2) is 6.95. The van der Waals surface area contributed by atoms with Crippen LogP contribution >= 0.6 is 11.3 Å². The van der Waals surface area contributed by atoms with Crippen LogP contribution in [0, 0.1) is 0 Å². The van der Waals surface area contributed by atoms with E-state index in [1.165, 1.54) is 0 Å². The molecule has 0 saturated heterocycles. The molecule has 23 heavy (non-hydrogen) atoms. The topological polar surface area (TPSA) is 56.7 Å². The number of likely N-dealkylation sites (N-methyl/N-ethyl adjacent to an activating group) is 2. The monoisotopic (exact) mass is 335 g/mol. The van der Waals surface area contributed by atoms with Crippen molar-refractivity contribution in [3.63, 3.8) is 0 Å². The average molecular weight is 335 g/mol.